The molecule has 0 heterocycles. The van der Waals surface area contributed by atoms with Crippen molar-refractivity contribution < 1.29 is 0 Å². The first-order valence-electron chi connectivity index (χ1n) is 5.43. The van der Waals surface area contributed by atoms with Gasteiger partial charge in [0.05, 0.1) is 0 Å². The lowest BCUT2D eigenvalue weighted by Gasteiger charge is -2.37. The molecule has 1 heteroatoms. The molecule has 0 radical (unpaired) electrons. The first-order chi connectivity index (χ1) is 6.07. The molecule has 3 atom stereocenters. The summed E-state index contributed by atoms with van der Waals surface area (Å²) in [5.41, 5.74) is 0. The van der Waals surface area contributed by atoms with Crippen molar-refractivity contribution in [2.75, 3.05) is 18.8 Å². The summed E-state index contributed by atoms with van der Waals surface area (Å²) in [6, 6.07) is 0. The molecule has 13 heavy (non-hydrogen) atoms. The van der Waals surface area contributed by atoms with Crippen molar-refractivity contribution in [2.24, 2.45) is 11.8 Å². The van der Waals surface area contributed by atoms with Crippen LogP contribution in [0, 0.1) is 11.8 Å². The lowest BCUT2D eigenvalue weighted by Crippen LogP contribution is -2.20. The molecule has 0 amide bonds. The molecular formula is C12H24S. The highest BCUT2D eigenvalue weighted by molar-refractivity contribution is 8.32. The van der Waals surface area contributed by atoms with Crippen molar-refractivity contribution in [2.45, 2.75) is 31.9 Å². The third-order valence-electron chi connectivity index (χ3n) is 3.13. The molecule has 2 bridgehead atoms. The van der Waals surface area contributed by atoms with Gasteiger partial charge in [-0.15, -0.1) is 0 Å². The van der Waals surface area contributed by atoms with E-state index in [1.54, 1.807) is 0 Å². The topological polar surface area (TPSA) is 0 Å². The Balaban J connectivity index is 0.000000396. The summed E-state index contributed by atoms with van der Waals surface area (Å²) < 4.78 is 0. The van der Waals surface area contributed by atoms with Gasteiger partial charge in [0.1, 0.15) is 0 Å². The van der Waals surface area contributed by atoms with Crippen LogP contribution in [-0.4, -0.2) is 24.0 Å². The van der Waals surface area contributed by atoms with Crippen molar-refractivity contribution in [1.29, 1.82) is 0 Å². The van der Waals surface area contributed by atoms with E-state index >= 15 is 0 Å². The second kappa shape index (κ2) is 4.08. The zero-order valence-corrected chi connectivity index (χ0v) is 10.5. The molecule has 3 unspecified atom stereocenters. The Morgan fingerprint density at radius 2 is 1.62 bits per heavy atom. The van der Waals surface area contributed by atoms with E-state index < -0.39 is 0 Å². The molecule has 0 aromatic carbocycles. The lowest BCUT2D eigenvalue weighted by atomic mass is 10.1. The molecule has 2 aliphatic rings. The van der Waals surface area contributed by atoms with Crippen LogP contribution in [-0.2, 0) is 0 Å². The Labute approximate surface area is 85.1 Å². The van der Waals surface area contributed by atoms with Crippen LogP contribution in [0.3, 0.4) is 0 Å². The summed E-state index contributed by atoms with van der Waals surface area (Å²) in [5, 5.41) is 1.04. The van der Waals surface area contributed by atoms with Gasteiger partial charge in [-0.1, -0.05) is 26.0 Å². The zero-order valence-electron chi connectivity index (χ0n) is 9.71. The van der Waals surface area contributed by atoms with Crippen molar-refractivity contribution >= 4 is 10.0 Å². The Kier molecular flexibility index (Phi) is 3.50. The van der Waals surface area contributed by atoms with E-state index in [9.17, 15) is 0 Å². The first kappa shape index (κ1) is 11.2. The van der Waals surface area contributed by atoms with Gasteiger partial charge in [0.25, 0.3) is 0 Å². The average Bonchev–Trinajstić information content (AvgIpc) is 2.66. The Morgan fingerprint density at radius 1 is 1.00 bits per heavy atom. The summed E-state index contributed by atoms with van der Waals surface area (Å²) in [6.07, 6.45) is 15.3. The van der Waals surface area contributed by atoms with Crippen molar-refractivity contribution in [1.82, 2.24) is 0 Å². The van der Waals surface area contributed by atoms with Crippen LogP contribution < -0.4 is 0 Å². The maximum absolute atomic E-state index is 2.47. The van der Waals surface area contributed by atoms with E-state index in [0.29, 0.717) is 0 Å². The van der Waals surface area contributed by atoms with Gasteiger partial charge in [-0.3, -0.25) is 0 Å². The fourth-order valence-corrected chi connectivity index (χ4v) is 4.62. The van der Waals surface area contributed by atoms with Crippen molar-refractivity contribution in [3.05, 3.63) is 12.2 Å². The van der Waals surface area contributed by atoms with Gasteiger partial charge in [-0.25, -0.2) is 10.0 Å². The van der Waals surface area contributed by atoms with E-state index in [1.807, 2.05) is 13.8 Å². The fraction of sp³-hybridized carbons (Fsp3) is 0.833. The number of fused-ring (bicyclic) bond motifs is 2. The van der Waals surface area contributed by atoms with E-state index in [4.69, 9.17) is 0 Å². The number of rotatable bonds is 1. The van der Waals surface area contributed by atoms with E-state index in [0.717, 1.165) is 17.1 Å². The Bertz CT molecular complexity index is 188. The van der Waals surface area contributed by atoms with Gasteiger partial charge in [-0.2, -0.15) is 0 Å². The van der Waals surface area contributed by atoms with Crippen LogP contribution in [0.15, 0.2) is 12.2 Å². The molecule has 0 aliphatic heterocycles. The molecule has 0 aromatic heterocycles. The normalized spacial score (nSPS) is 37.2. The van der Waals surface area contributed by atoms with Crippen LogP contribution in [0.5, 0.6) is 0 Å². The van der Waals surface area contributed by atoms with Crippen molar-refractivity contribution in [3.8, 4) is 0 Å². The summed E-state index contributed by atoms with van der Waals surface area (Å²) in [4.78, 5) is 0. The molecule has 1 fully saturated rings. The SMILES string of the molecule is CC.CS(C)(C)C1CC2C=CC1C2. The largest absolute Gasteiger partial charge is 0.246 e. The van der Waals surface area contributed by atoms with Gasteiger partial charge in [0.2, 0.25) is 0 Å². The molecular weight excluding hydrogens is 176 g/mol. The van der Waals surface area contributed by atoms with Crippen molar-refractivity contribution in [3.63, 3.8) is 0 Å². The standard InChI is InChI=1S/C10H18S.C2H6/c1-11(2,3)10-7-8-4-5-9(10)6-8;1-2/h4-5,8-10H,6-7H2,1-3H3;1-2H3. The fourth-order valence-electron chi connectivity index (χ4n) is 2.54. The van der Waals surface area contributed by atoms with Crippen LogP contribution in [0.4, 0.5) is 0 Å². The molecule has 0 spiro atoms. The van der Waals surface area contributed by atoms with E-state index in [2.05, 4.69) is 30.9 Å². The first-order valence-corrected chi connectivity index (χ1v) is 8.35. The molecule has 0 aromatic rings. The number of hydrogen-bond donors (Lipinski definition) is 0. The third-order valence-corrected chi connectivity index (χ3v) is 5.48. The molecule has 0 saturated heterocycles. The monoisotopic (exact) mass is 200 g/mol. The zero-order chi connectivity index (χ0) is 10.1. The number of allylic oxidation sites excluding steroid dienone is 2. The Hall–Kier alpha value is 0.0900. The maximum atomic E-state index is 2.47. The quantitative estimate of drug-likeness (QED) is 0.567. The predicted molar refractivity (Wildman–Crippen MR) is 65.9 cm³/mol. The molecule has 2 aliphatic carbocycles. The second-order valence-corrected chi connectivity index (χ2v) is 9.22. The highest BCUT2D eigenvalue weighted by Crippen LogP contribution is 2.56. The minimum atomic E-state index is -0.285. The van der Waals surface area contributed by atoms with E-state index in [-0.39, 0.29) is 10.0 Å². The predicted octanol–water partition coefficient (Wildman–Crippen LogP) is 3.67. The minimum absolute atomic E-state index is 0.285. The van der Waals surface area contributed by atoms with Crippen LogP contribution in [0.25, 0.3) is 0 Å². The van der Waals surface area contributed by atoms with Crippen LogP contribution >= 0.6 is 10.0 Å². The summed E-state index contributed by atoms with van der Waals surface area (Å²) >= 11 is 0. The molecule has 0 N–H and O–H groups in total. The molecule has 1 saturated carbocycles. The van der Waals surface area contributed by atoms with Gasteiger partial charge in [0, 0.05) is 0 Å². The molecule has 78 valence electrons. The maximum Gasteiger partial charge on any atom is -0.00504 e. The second-order valence-electron chi connectivity index (χ2n) is 4.75. The van der Waals surface area contributed by atoms with Gasteiger partial charge in [0.15, 0.2) is 0 Å². The lowest BCUT2D eigenvalue weighted by molar-refractivity contribution is 0.692. The molecule has 2 rings (SSSR count). The van der Waals surface area contributed by atoms with Gasteiger partial charge >= 0.3 is 0 Å². The van der Waals surface area contributed by atoms with Crippen LogP contribution in [0.2, 0.25) is 0 Å². The highest BCUT2D eigenvalue weighted by atomic mass is 32.3. The minimum Gasteiger partial charge on any atom is -0.246 e. The molecule has 0 nitrogen and oxygen atoms in total. The van der Waals surface area contributed by atoms with Crippen LogP contribution in [0.1, 0.15) is 26.7 Å². The smallest absolute Gasteiger partial charge is 0.00504 e. The van der Waals surface area contributed by atoms with E-state index in [1.165, 1.54) is 12.8 Å². The average molecular weight is 200 g/mol. The third kappa shape index (κ3) is 2.31. The summed E-state index contributed by atoms with van der Waals surface area (Å²) in [5.74, 6) is 1.91. The van der Waals surface area contributed by atoms with Gasteiger partial charge in [-0.05, 0) is 48.7 Å². The summed E-state index contributed by atoms with van der Waals surface area (Å²) in [7, 11) is -0.285. The highest BCUT2D eigenvalue weighted by Gasteiger charge is 2.39. The van der Waals surface area contributed by atoms with Gasteiger partial charge < -0.3 is 0 Å². The summed E-state index contributed by atoms with van der Waals surface area (Å²) in [6.45, 7) is 4.00. The number of hydrogen-bond acceptors (Lipinski definition) is 0. The Morgan fingerprint density at radius 3 is 1.85 bits per heavy atom.